The normalized spacial score (nSPS) is 11.9. The number of rotatable bonds is 6. The van der Waals surface area contributed by atoms with Crippen LogP contribution in [0, 0.1) is 15.9 Å². The Morgan fingerprint density at radius 1 is 1.24 bits per heavy atom. The van der Waals surface area contributed by atoms with Crippen molar-refractivity contribution in [2.45, 2.75) is 25.8 Å². The van der Waals surface area contributed by atoms with E-state index in [1.54, 1.807) is 0 Å². The maximum atomic E-state index is 13.2. The summed E-state index contributed by atoms with van der Waals surface area (Å²) >= 11 is 0. The summed E-state index contributed by atoms with van der Waals surface area (Å²) in [5.74, 6) is -0.488. The van der Waals surface area contributed by atoms with Crippen LogP contribution in [0.25, 0.3) is 0 Å². The van der Waals surface area contributed by atoms with Gasteiger partial charge in [0.15, 0.2) is 0 Å². The summed E-state index contributed by atoms with van der Waals surface area (Å²) in [5.41, 5.74) is 1.32. The number of nitro benzene ring substituents is 1. The SMILES string of the molecule is CC(CCc1ccccc1)Nc1cc(F)ccc1[N+](=O)[O-]. The number of nitro groups is 1. The lowest BCUT2D eigenvalue weighted by molar-refractivity contribution is -0.384. The zero-order valence-electron chi connectivity index (χ0n) is 11.8. The molecule has 2 aromatic rings. The minimum atomic E-state index is -0.508. The molecule has 2 aromatic carbocycles. The van der Waals surface area contributed by atoms with Crippen LogP contribution >= 0.6 is 0 Å². The average Bonchev–Trinajstić information content (AvgIpc) is 2.46. The molecule has 4 nitrogen and oxygen atoms in total. The van der Waals surface area contributed by atoms with Crippen LogP contribution in [0.15, 0.2) is 48.5 Å². The molecule has 0 saturated carbocycles. The van der Waals surface area contributed by atoms with Crippen LogP contribution in [0.2, 0.25) is 0 Å². The average molecular weight is 288 g/mol. The Bertz CT molecular complexity index is 617. The third kappa shape index (κ3) is 4.27. The van der Waals surface area contributed by atoms with Gasteiger partial charge in [0.05, 0.1) is 4.92 Å². The predicted octanol–water partition coefficient (Wildman–Crippen LogP) is 4.17. The van der Waals surface area contributed by atoms with Crippen LogP contribution in [-0.2, 0) is 6.42 Å². The molecule has 0 saturated heterocycles. The highest BCUT2D eigenvalue weighted by atomic mass is 19.1. The molecule has 1 unspecified atom stereocenters. The molecule has 1 atom stereocenters. The number of anilines is 1. The van der Waals surface area contributed by atoms with Crippen molar-refractivity contribution in [3.63, 3.8) is 0 Å². The maximum Gasteiger partial charge on any atom is 0.292 e. The summed E-state index contributed by atoms with van der Waals surface area (Å²) in [6.07, 6.45) is 1.66. The predicted molar refractivity (Wildman–Crippen MR) is 80.9 cm³/mol. The van der Waals surface area contributed by atoms with Crippen molar-refractivity contribution in [1.29, 1.82) is 0 Å². The van der Waals surface area contributed by atoms with Gasteiger partial charge in [0.25, 0.3) is 5.69 Å². The molecule has 0 amide bonds. The molecule has 110 valence electrons. The summed E-state index contributed by atoms with van der Waals surface area (Å²) in [6, 6.07) is 13.4. The highest BCUT2D eigenvalue weighted by Gasteiger charge is 2.16. The fourth-order valence-corrected chi connectivity index (χ4v) is 2.15. The summed E-state index contributed by atoms with van der Waals surface area (Å²) < 4.78 is 13.2. The molecule has 0 fully saturated rings. The molecule has 0 heterocycles. The Morgan fingerprint density at radius 2 is 1.95 bits per heavy atom. The van der Waals surface area contributed by atoms with Gasteiger partial charge in [-0.2, -0.15) is 0 Å². The third-order valence-electron chi connectivity index (χ3n) is 3.27. The Morgan fingerprint density at radius 3 is 2.62 bits per heavy atom. The minimum Gasteiger partial charge on any atom is -0.377 e. The zero-order chi connectivity index (χ0) is 15.2. The van der Waals surface area contributed by atoms with Crippen molar-refractivity contribution >= 4 is 11.4 Å². The van der Waals surface area contributed by atoms with Crippen LogP contribution in [0.1, 0.15) is 18.9 Å². The Balaban J connectivity index is 2.01. The lowest BCUT2D eigenvalue weighted by atomic mass is 10.1. The van der Waals surface area contributed by atoms with Crippen molar-refractivity contribution in [3.05, 3.63) is 70.0 Å². The first-order valence-electron chi connectivity index (χ1n) is 6.80. The molecular formula is C16H17FN2O2. The molecule has 5 heteroatoms. The van der Waals surface area contributed by atoms with E-state index in [1.807, 2.05) is 37.3 Å². The number of nitrogens with zero attached hydrogens (tertiary/aromatic N) is 1. The van der Waals surface area contributed by atoms with Gasteiger partial charge in [-0.05, 0) is 31.4 Å². The van der Waals surface area contributed by atoms with Gasteiger partial charge in [-0.1, -0.05) is 30.3 Å². The standard InChI is InChI=1S/C16H17FN2O2/c1-12(7-8-13-5-3-2-4-6-13)18-15-11-14(17)9-10-16(15)19(20)21/h2-6,9-12,18H,7-8H2,1H3. The third-order valence-corrected chi connectivity index (χ3v) is 3.27. The van der Waals surface area contributed by atoms with Crippen molar-refractivity contribution in [1.82, 2.24) is 0 Å². The second-order valence-electron chi connectivity index (χ2n) is 4.99. The van der Waals surface area contributed by atoms with E-state index in [9.17, 15) is 14.5 Å². The molecule has 2 rings (SSSR count). The van der Waals surface area contributed by atoms with Crippen molar-refractivity contribution < 1.29 is 9.31 Å². The first kappa shape index (κ1) is 15.0. The molecular weight excluding hydrogens is 271 g/mol. The minimum absolute atomic E-state index is 0.00528. The van der Waals surface area contributed by atoms with E-state index in [-0.39, 0.29) is 17.4 Å². The van der Waals surface area contributed by atoms with E-state index in [0.717, 1.165) is 25.0 Å². The fourth-order valence-electron chi connectivity index (χ4n) is 2.15. The van der Waals surface area contributed by atoms with Crippen LogP contribution in [0.3, 0.4) is 0 Å². The first-order chi connectivity index (χ1) is 10.1. The van der Waals surface area contributed by atoms with E-state index in [1.165, 1.54) is 11.6 Å². The van der Waals surface area contributed by atoms with Gasteiger partial charge in [0.1, 0.15) is 11.5 Å². The largest absolute Gasteiger partial charge is 0.377 e. The number of benzene rings is 2. The molecule has 21 heavy (non-hydrogen) atoms. The van der Waals surface area contributed by atoms with E-state index in [4.69, 9.17) is 0 Å². The molecule has 1 N–H and O–H groups in total. The quantitative estimate of drug-likeness (QED) is 0.641. The first-order valence-corrected chi connectivity index (χ1v) is 6.80. The fraction of sp³-hybridized carbons (Fsp3) is 0.250. The second-order valence-corrected chi connectivity index (χ2v) is 4.99. The van der Waals surface area contributed by atoms with Gasteiger partial charge in [-0.25, -0.2) is 4.39 Å². The van der Waals surface area contributed by atoms with E-state index < -0.39 is 10.7 Å². The van der Waals surface area contributed by atoms with Gasteiger partial charge >= 0.3 is 0 Å². The summed E-state index contributed by atoms with van der Waals surface area (Å²) in [4.78, 5) is 10.4. The van der Waals surface area contributed by atoms with E-state index in [2.05, 4.69) is 5.32 Å². The van der Waals surface area contributed by atoms with Crippen LogP contribution in [0.5, 0.6) is 0 Å². The highest BCUT2D eigenvalue weighted by Crippen LogP contribution is 2.26. The number of hydrogen-bond donors (Lipinski definition) is 1. The lowest BCUT2D eigenvalue weighted by Gasteiger charge is -2.15. The zero-order valence-corrected chi connectivity index (χ0v) is 11.8. The summed E-state index contributed by atoms with van der Waals surface area (Å²) in [7, 11) is 0. The van der Waals surface area contributed by atoms with E-state index >= 15 is 0 Å². The number of nitrogens with one attached hydrogen (secondary N) is 1. The van der Waals surface area contributed by atoms with Gasteiger partial charge < -0.3 is 5.32 Å². The molecule has 0 aliphatic heterocycles. The Labute approximate surface area is 122 Å². The summed E-state index contributed by atoms with van der Waals surface area (Å²) in [5, 5.41) is 14.0. The topological polar surface area (TPSA) is 55.2 Å². The number of aryl methyl sites for hydroxylation is 1. The Hall–Kier alpha value is -2.43. The molecule has 0 bridgehead atoms. The van der Waals surface area contributed by atoms with Gasteiger partial charge in [0.2, 0.25) is 0 Å². The molecule has 0 aliphatic carbocycles. The molecule has 0 radical (unpaired) electrons. The smallest absolute Gasteiger partial charge is 0.292 e. The van der Waals surface area contributed by atoms with E-state index in [0.29, 0.717) is 0 Å². The monoisotopic (exact) mass is 288 g/mol. The van der Waals surface area contributed by atoms with Crippen LogP contribution < -0.4 is 5.32 Å². The highest BCUT2D eigenvalue weighted by molar-refractivity contribution is 5.61. The van der Waals surface area contributed by atoms with Crippen LogP contribution in [0.4, 0.5) is 15.8 Å². The number of halogens is 1. The van der Waals surface area contributed by atoms with Gasteiger partial charge in [0, 0.05) is 18.2 Å². The second kappa shape index (κ2) is 6.83. The number of hydrogen-bond acceptors (Lipinski definition) is 3. The Kier molecular flexibility index (Phi) is 4.87. The van der Waals surface area contributed by atoms with Crippen molar-refractivity contribution in [2.24, 2.45) is 0 Å². The molecule has 0 spiro atoms. The maximum absolute atomic E-state index is 13.2. The van der Waals surface area contributed by atoms with Crippen molar-refractivity contribution in [3.8, 4) is 0 Å². The van der Waals surface area contributed by atoms with Crippen molar-refractivity contribution in [2.75, 3.05) is 5.32 Å². The molecule has 0 aromatic heterocycles. The summed E-state index contributed by atoms with van der Waals surface area (Å²) in [6.45, 7) is 1.93. The molecule has 0 aliphatic rings. The van der Waals surface area contributed by atoms with Gasteiger partial charge in [-0.3, -0.25) is 10.1 Å². The van der Waals surface area contributed by atoms with Crippen LogP contribution in [-0.4, -0.2) is 11.0 Å². The lowest BCUT2D eigenvalue weighted by Crippen LogP contribution is -2.17. The van der Waals surface area contributed by atoms with Gasteiger partial charge in [-0.15, -0.1) is 0 Å².